The highest BCUT2D eigenvalue weighted by molar-refractivity contribution is 6.39. The van der Waals surface area contributed by atoms with E-state index in [-0.39, 0.29) is 35.4 Å². The first kappa shape index (κ1) is 60.4. The number of halogens is 2. The fraction of sp³-hybridized carbons (Fsp3) is 0.615. The summed E-state index contributed by atoms with van der Waals surface area (Å²) in [6.45, 7) is 17.8. The van der Waals surface area contributed by atoms with Gasteiger partial charge >= 0.3 is 17.9 Å². The number of Topliss-reactive ketones (excluding diaryl/α,β-unsaturated/α-hetero) is 1. The summed E-state index contributed by atoms with van der Waals surface area (Å²) < 4.78 is 47.2. The summed E-state index contributed by atoms with van der Waals surface area (Å²) in [7, 11) is 1.26. The minimum Gasteiger partial charge on any atom is -0.505 e. The van der Waals surface area contributed by atoms with E-state index in [1.54, 1.807) is 67.5 Å². The second-order valence-corrected chi connectivity index (χ2v) is 19.9. The largest absolute Gasteiger partial charge is 0.505 e. The summed E-state index contributed by atoms with van der Waals surface area (Å²) in [5.41, 5.74) is 0.159. The predicted octanol–water partition coefficient (Wildman–Crippen LogP) is 6.44. The van der Waals surface area contributed by atoms with E-state index in [0.29, 0.717) is 23.1 Å². The number of esters is 3. The maximum atomic E-state index is 13.9. The van der Waals surface area contributed by atoms with Crippen LogP contribution in [0.3, 0.4) is 0 Å². The van der Waals surface area contributed by atoms with Crippen molar-refractivity contribution in [2.24, 2.45) is 11.8 Å². The van der Waals surface area contributed by atoms with Gasteiger partial charge in [-0.05, 0) is 90.5 Å². The van der Waals surface area contributed by atoms with Crippen molar-refractivity contribution in [3.8, 4) is 11.5 Å². The summed E-state index contributed by atoms with van der Waals surface area (Å²) in [5, 5.41) is 65.0. The number of ether oxygens (including phenoxy) is 8. The van der Waals surface area contributed by atoms with Gasteiger partial charge in [-0.3, -0.25) is 9.59 Å². The van der Waals surface area contributed by atoms with Gasteiger partial charge in [-0.15, -0.1) is 0 Å². The quantitative estimate of drug-likeness (QED) is 0.0705. The number of phenols is 2. The van der Waals surface area contributed by atoms with Gasteiger partial charge in [0.25, 0.3) is 0 Å². The van der Waals surface area contributed by atoms with Crippen LogP contribution in [0, 0.1) is 11.8 Å². The van der Waals surface area contributed by atoms with Crippen LogP contribution in [0.15, 0.2) is 58.7 Å². The molecule has 13 atom stereocenters. The SMILES string of the molecule is CCc1c(Cl)c(O)c(Cl)c(O)c1C(=O)O[C@H]1[C@H](O)[C@H](OC)[C@H](OC/C2=C\C=C\C[C@H](O)/C(C)=C/[C@H](CC)[C@@H](O[C@@H]3OC(C)(C)[C@@H](OC(=O)C(C)C)[C@H](O)C3=O)/C(C)=C/C(C)=C/C[C@@H]([C@@H](C)O)OC2=O)O[C@@H]1C. The van der Waals surface area contributed by atoms with Gasteiger partial charge in [-0.2, -0.15) is 0 Å². The second kappa shape index (κ2) is 26.3. The van der Waals surface area contributed by atoms with Gasteiger partial charge < -0.3 is 68.5 Å². The Bertz CT molecular complexity index is 2260. The highest BCUT2D eigenvalue weighted by Crippen LogP contribution is 2.45. The van der Waals surface area contributed by atoms with Crippen LogP contribution in [0.25, 0.3) is 0 Å². The van der Waals surface area contributed by atoms with Crippen molar-refractivity contribution in [1.29, 1.82) is 0 Å². The molecule has 0 aliphatic carbocycles. The van der Waals surface area contributed by atoms with E-state index in [4.69, 9.17) is 61.1 Å². The lowest BCUT2D eigenvalue weighted by atomic mass is 9.88. The van der Waals surface area contributed by atoms with Crippen LogP contribution in [0.2, 0.25) is 10.0 Å². The number of benzene rings is 1. The van der Waals surface area contributed by atoms with Crippen LogP contribution < -0.4 is 0 Å². The average molecular weight is 1060 g/mol. The number of ketones is 1. The lowest BCUT2D eigenvalue weighted by Gasteiger charge is -2.44. The third-order valence-corrected chi connectivity index (χ3v) is 13.6. The van der Waals surface area contributed by atoms with Crippen molar-refractivity contribution in [2.45, 2.75) is 181 Å². The van der Waals surface area contributed by atoms with Gasteiger partial charge in [-0.1, -0.05) is 86.9 Å². The van der Waals surface area contributed by atoms with Crippen molar-refractivity contribution in [1.82, 2.24) is 0 Å². The fourth-order valence-electron chi connectivity index (χ4n) is 8.45. The zero-order chi connectivity index (χ0) is 54.1. The molecular weight excluding hydrogens is 983 g/mol. The molecule has 0 unspecified atom stereocenters. The maximum absolute atomic E-state index is 13.9. The molecule has 0 spiro atoms. The van der Waals surface area contributed by atoms with Crippen LogP contribution in [-0.2, 0) is 58.7 Å². The Morgan fingerprint density at radius 2 is 1.61 bits per heavy atom. The topological polar surface area (TPSA) is 263 Å². The van der Waals surface area contributed by atoms with Crippen molar-refractivity contribution >= 4 is 46.9 Å². The molecule has 0 radical (unpaired) electrons. The molecule has 2 saturated heterocycles. The summed E-state index contributed by atoms with van der Waals surface area (Å²) in [6, 6.07) is 0. The second-order valence-electron chi connectivity index (χ2n) is 19.2. The van der Waals surface area contributed by atoms with Crippen molar-refractivity contribution < 1.29 is 87.7 Å². The lowest BCUT2D eigenvalue weighted by Crippen LogP contribution is -2.62. The van der Waals surface area contributed by atoms with E-state index in [1.165, 1.54) is 33.1 Å². The zero-order valence-electron chi connectivity index (χ0n) is 42.9. The Kier molecular flexibility index (Phi) is 22.1. The van der Waals surface area contributed by atoms with Crippen molar-refractivity contribution in [3.63, 3.8) is 0 Å². The molecule has 3 heterocycles. The highest BCUT2D eigenvalue weighted by atomic mass is 35.5. The van der Waals surface area contributed by atoms with Crippen molar-refractivity contribution in [2.75, 3.05) is 13.7 Å². The molecule has 0 aromatic heterocycles. The number of aliphatic hydroxyl groups is 4. The van der Waals surface area contributed by atoms with Crippen LogP contribution in [0.4, 0.5) is 0 Å². The number of carbonyl (C=O) groups is 4. The van der Waals surface area contributed by atoms with E-state index in [9.17, 15) is 49.8 Å². The molecule has 0 amide bonds. The highest BCUT2D eigenvalue weighted by Gasteiger charge is 2.53. The van der Waals surface area contributed by atoms with Crippen LogP contribution in [-0.4, -0.2) is 147 Å². The molecule has 18 nitrogen and oxygen atoms in total. The van der Waals surface area contributed by atoms with Gasteiger partial charge in [0.15, 0.2) is 36.1 Å². The number of phenolic OH excluding ortho intramolecular Hbond substituents is 2. The number of carbonyl (C=O) groups excluding carboxylic acids is 4. The lowest BCUT2D eigenvalue weighted by molar-refractivity contribution is -0.295. The molecule has 1 aromatic rings. The monoisotopic (exact) mass is 1050 g/mol. The summed E-state index contributed by atoms with van der Waals surface area (Å²) in [5.74, 6) is -5.73. The van der Waals surface area contributed by atoms with E-state index in [2.05, 4.69) is 0 Å². The first-order valence-electron chi connectivity index (χ1n) is 24.0. The summed E-state index contributed by atoms with van der Waals surface area (Å²) in [6.07, 6.45) is -4.62. The molecule has 0 bridgehead atoms. The third-order valence-electron chi connectivity index (χ3n) is 12.8. The smallest absolute Gasteiger partial charge is 0.342 e. The van der Waals surface area contributed by atoms with Gasteiger partial charge in [0.1, 0.15) is 34.5 Å². The van der Waals surface area contributed by atoms with Crippen LogP contribution in [0.5, 0.6) is 11.5 Å². The molecular formula is C52H72Cl2O18. The van der Waals surface area contributed by atoms with E-state index in [1.807, 2.05) is 19.1 Å². The number of methoxy groups -OCH3 is 1. The summed E-state index contributed by atoms with van der Waals surface area (Å²) >= 11 is 12.3. The van der Waals surface area contributed by atoms with Crippen molar-refractivity contribution in [3.05, 3.63) is 79.9 Å². The maximum Gasteiger partial charge on any atom is 0.342 e. The molecule has 1 aromatic carbocycles. The Morgan fingerprint density at radius 3 is 2.21 bits per heavy atom. The van der Waals surface area contributed by atoms with E-state index in [0.717, 1.165) is 0 Å². The first-order valence-corrected chi connectivity index (χ1v) is 24.8. The molecule has 20 heteroatoms. The third kappa shape index (κ3) is 14.6. The molecule has 402 valence electrons. The molecule has 3 aliphatic rings. The molecule has 6 N–H and O–H groups in total. The zero-order valence-corrected chi connectivity index (χ0v) is 44.4. The minimum atomic E-state index is -1.74. The molecule has 2 fully saturated rings. The normalized spacial score (nSPS) is 33.8. The Hall–Kier alpha value is -4.18. The number of hydrogen-bond donors (Lipinski definition) is 6. The van der Waals surface area contributed by atoms with E-state index >= 15 is 0 Å². The standard InChI is InChI=1S/C52H72Cl2O18/c1-13-30-22-26(6)33(56)18-16-15-17-31(23-66-51-45(65-12)42(61)44(29(9)67-51)69-49(64)35-32(14-2)36(53)39(58)37(54)38(35)57)48(63)68-34(28(8)55)20-19-25(5)21-27(7)43(30)70-50-41(60)40(59)46(52(10,11)72-50)71-47(62)24(3)4/h15-17,19,21-22,24,28-30,33-34,40,42-46,50-51,55-59,61H,13-14,18,20,23H2,1-12H3/b16-15+,25-19+,26-22+,27-21+,31-17+/t28-,29-,30+,33+,34+,40-,42+,43+,44-,45+,46+,50-,51-/m1/s1. The van der Waals surface area contributed by atoms with Gasteiger partial charge in [0, 0.05) is 19.4 Å². The number of rotatable bonds is 13. The van der Waals surface area contributed by atoms with Gasteiger partial charge in [0.2, 0.25) is 12.1 Å². The van der Waals surface area contributed by atoms with Gasteiger partial charge in [0.05, 0.1) is 47.5 Å². The minimum absolute atomic E-state index is 0.0442. The number of aliphatic hydroxyl groups excluding tert-OH is 4. The number of hydrogen-bond acceptors (Lipinski definition) is 18. The number of cyclic esters (lactones) is 1. The van der Waals surface area contributed by atoms with Gasteiger partial charge in [-0.25, -0.2) is 9.59 Å². The fourth-order valence-corrected chi connectivity index (χ4v) is 9.01. The Morgan fingerprint density at radius 1 is 0.944 bits per heavy atom. The van der Waals surface area contributed by atoms with Crippen LogP contribution in [0.1, 0.15) is 111 Å². The number of allylic oxidation sites excluding steroid dienone is 4. The van der Waals surface area contributed by atoms with Crippen LogP contribution >= 0.6 is 23.2 Å². The average Bonchev–Trinajstić information content (AvgIpc) is 3.32. The Balaban J connectivity index is 1.61. The molecule has 0 saturated carbocycles. The number of aromatic hydroxyl groups is 2. The first-order chi connectivity index (χ1) is 33.7. The summed E-state index contributed by atoms with van der Waals surface area (Å²) in [4.78, 5) is 53.6. The molecule has 4 rings (SSSR count). The predicted molar refractivity (Wildman–Crippen MR) is 264 cm³/mol. The molecule has 3 aliphatic heterocycles. The van der Waals surface area contributed by atoms with E-state index < -0.39 is 143 Å². The Labute approximate surface area is 431 Å². The molecule has 72 heavy (non-hydrogen) atoms.